The maximum Gasteiger partial charge on any atom is 0.287 e. The number of para-hydroxylation sites is 1. The third kappa shape index (κ3) is 3.39. The lowest BCUT2D eigenvalue weighted by Crippen LogP contribution is -2.22. The maximum atomic E-state index is 11.5. The molecule has 0 spiro atoms. The van der Waals surface area contributed by atoms with Crippen molar-refractivity contribution in [3.8, 4) is 17.6 Å². The molecule has 0 radical (unpaired) electrons. The van der Waals surface area contributed by atoms with Crippen molar-refractivity contribution in [2.75, 3.05) is 13.7 Å². The van der Waals surface area contributed by atoms with Crippen molar-refractivity contribution in [2.45, 2.75) is 0 Å². The number of hydrogen-bond donors (Lipinski definition) is 1. The first-order valence-electron chi connectivity index (χ1n) is 5.75. The van der Waals surface area contributed by atoms with E-state index in [1.807, 2.05) is 24.3 Å². The van der Waals surface area contributed by atoms with E-state index < -0.39 is 0 Å². The summed E-state index contributed by atoms with van der Waals surface area (Å²) in [6, 6.07) is 10.7. The fraction of sp³-hybridized carbons (Fsp3) is 0.133. The van der Waals surface area contributed by atoms with Gasteiger partial charge in [-0.25, -0.2) is 0 Å². The summed E-state index contributed by atoms with van der Waals surface area (Å²) < 4.78 is 10.1. The minimum Gasteiger partial charge on any atom is -0.495 e. The van der Waals surface area contributed by atoms with E-state index in [-0.39, 0.29) is 18.2 Å². The molecule has 0 aliphatic heterocycles. The molecule has 1 heterocycles. The van der Waals surface area contributed by atoms with Crippen molar-refractivity contribution < 1.29 is 13.9 Å². The van der Waals surface area contributed by atoms with Crippen LogP contribution in [-0.2, 0) is 0 Å². The normalized spacial score (nSPS) is 9.32. The fourth-order valence-corrected chi connectivity index (χ4v) is 1.51. The van der Waals surface area contributed by atoms with Crippen molar-refractivity contribution in [1.29, 1.82) is 0 Å². The number of nitrogens with one attached hydrogen (secondary N) is 1. The van der Waals surface area contributed by atoms with Gasteiger partial charge in [-0.15, -0.1) is 0 Å². The van der Waals surface area contributed by atoms with Gasteiger partial charge < -0.3 is 14.5 Å². The van der Waals surface area contributed by atoms with Gasteiger partial charge in [0.1, 0.15) is 5.75 Å². The van der Waals surface area contributed by atoms with E-state index in [1.165, 1.54) is 6.26 Å². The van der Waals surface area contributed by atoms with Crippen molar-refractivity contribution >= 4 is 5.91 Å². The lowest BCUT2D eigenvalue weighted by Gasteiger charge is -2.01. The van der Waals surface area contributed by atoms with Crippen LogP contribution < -0.4 is 10.1 Å². The first-order chi connectivity index (χ1) is 9.31. The Bertz CT molecular complexity index is 606. The van der Waals surface area contributed by atoms with Crippen molar-refractivity contribution in [1.82, 2.24) is 5.32 Å². The minimum atomic E-state index is -0.278. The first kappa shape index (κ1) is 12.8. The predicted octanol–water partition coefficient (Wildman–Crippen LogP) is 2.07. The molecule has 96 valence electrons. The molecule has 0 fully saturated rings. The molecule has 0 aliphatic carbocycles. The highest BCUT2D eigenvalue weighted by molar-refractivity contribution is 5.91. The van der Waals surface area contributed by atoms with Crippen LogP contribution >= 0.6 is 0 Å². The van der Waals surface area contributed by atoms with Gasteiger partial charge in [0, 0.05) is 0 Å². The topological polar surface area (TPSA) is 51.5 Å². The third-order valence-corrected chi connectivity index (χ3v) is 2.41. The van der Waals surface area contributed by atoms with Crippen LogP contribution in [0.1, 0.15) is 16.1 Å². The molecule has 4 nitrogen and oxygen atoms in total. The van der Waals surface area contributed by atoms with Gasteiger partial charge in [-0.3, -0.25) is 4.79 Å². The lowest BCUT2D eigenvalue weighted by molar-refractivity contribution is 0.0931. The molecule has 0 atom stereocenters. The fourth-order valence-electron chi connectivity index (χ4n) is 1.51. The van der Waals surface area contributed by atoms with E-state index in [9.17, 15) is 4.79 Å². The van der Waals surface area contributed by atoms with Crippen molar-refractivity contribution in [3.63, 3.8) is 0 Å². The monoisotopic (exact) mass is 255 g/mol. The summed E-state index contributed by atoms with van der Waals surface area (Å²) in [5, 5.41) is 2.65. The largest absolute Gasteiger partial charge is 0.495 e. The highest BCUT2D eigenvalue weighted by Crippen LogP contribution is 2.15. The Labute approximate surface area is 111 Å². The van der Waals surface area contributed by atoms with E-state index in [1.54, 1.807) is 19.2 Å². The van der Waals surface area contributed by atoms with Crippen LogP contribution in [0, 0.1) is 11.8 Å². The Balaban J connectivity index is 1.93. The Morgan fingerprint density at radius 3 is 2.89 bits per heavy atom. The van der Waals surface area contributed by atoms with E-state index in [4.69, 9.17) is 9.15 Å². The van der Waals surface area contributed by atoms with Gasteiger partial charge in [-0.1, -0.05) is 24.0 Å². The number of rotatable bonds is 3. The lowest BCUT2D eigenvalue weighted by atomic mass is 10.2. The Morgan fingerprint density at radius 1 is 1.32 bits per heavy atom. The van der Waals surface area contributed by atoms with Gasteiger partial charge in [0.05, 0.1) is 25.5 Å². The van der Waals surface area contributed by atoms with E-state index in [2.05, 4.69) is 17.2 Å². The zero-order valence-corrected chi connectivity index (χ0v) is 10.5. The quantitative estimate of drug-likeness (QED) is 0.854. The van der Waals surface area contributed by atoms with E-state index >= 15 is 0 Å². The molecule has 2 rings (SSSR count). The summed E-state index contributed by atoms with van der Waals surface area (Å²) >= 11 is 0. The molecule has 2 aromatic rings. The van der Waals surface area contributed by atoms with Crippen LogP contribution in [0.4, 0.5) is 0 Å². The molecular formula is C15H13NO3. The van der Waals surface area contributed by atoms with Crippen LogP contribution in [0.2, 0.25) is 0 Å². The summed E-state index contributed by atoms with van der Waals surface area (Å²) in [7, 11) is 1.60. The van der Waals surface area contributed by atoms with Crippen molar-refractivity contribution in [2.24, 2.45) is 0 Å². The molecule has 4 heteroatoms. The average Bonchev–Trinajstić information content (AvgIpc) is 2.98. The van der Waals surface area contributed by atoms with Crippen LogP contribution in [0.5, 0.6) is 5.75 Å². The van der Waals surface area contributed by atoms with Gasteiger partial charge >= 0.3 is 0 Å². The number of furan rings is 1. The number of hydrogen-bond acceptors (Lipinski definition) is 3. The van der Waals surface area contributed by atoms with Gasteiger partial charge in [0.15, 0.2) is 5.76 Å². The first-order valence-corrected chi connectivity index (χ1v) is 5.75. The summed E-state index contributed by atoms with van der Waals surface area (Å²) in [5.74, 6) is 6.52. The number of carbonyl (C=O) groups excluding carboxylic acids is 1. The molecule has 1 aromatic heterocycles. The van der Waals surface area contributed by atoms with Crippen LogP contribution in [0.15, 0.2) is 47.1 Å². The zero-order chi connectivity index (χ0) is 13.5. The van der Waals surface area contributed by atoms with Crippen LogP contribution in [0.3, 0.4) is 0 Å². The Hall–Kier alpha value is -2.67. The molecule has 1 N–H and O–H groups in total. The van der Waals surface area contributed by atoms with Gasteiger partial charge in [-0.2, -0.15) is 0 Å². The summed E-state index contributed by atoms with van der Waals surface area (Å²) in [5.41, 5.74) is 0.789. The summed E-state index contributed by atoms with van der Waals surface area (Å²) in [6.45, 7) is 0.248. The molecule has 1 amide bonds. The highest BCUT2D eigenvalue weighted by Gasteiger charge is 2.05. The molecule has 0 aliphatic rings. The maximum absolute atomic E-state index is 11.5. The second-order valence-electron chi connectivity index (χ2n) is 3.66. The minimum absolute atomic E-state index is 0.248. The molecule has 0 saturated heterocycles. The Morgan fingerprint density at radius 2 is 2.16 bits per heavy atom. The van der Waals surface area contributed by atoms with Gasteiger partial charge in [-0.05, 0) is 24.3 Å². The zero-order valence-electron chi connectivity index (χ0n) is 10.5. The number of carbonyl (C=O) groups is 1. The standard InChI is InChI=1S/C15H13NO3/c1-18-13-8-3-2-6-12(13)7-4-10-16-15(17)14-9-5-11-19-14/h2-3,5-6,8-9,11H,10H2,1H3,(H,16,17). The highest BCUT2D eigenvalue weighted by atomic mass is 16.5. The molecular weight excluding hydrogens is 242 g/mol. The smallest absolute Gasteiger partial charge is 0.287 e. The van der Waals surface area contributed by atoms with Crippen molar-refractivity contribution in [3.05, 3.63) is 54.0 Å². The number of ether oxygens (including phenoxy) is 1. The summed E-state index contributed by atoms with van der Waals surface area (Å²) in [4.78, 5) is 11.5. The molecule has 1 aromatic carbocycles. The predicted molar refractivity (Wildman–Crippen MR) is 70.9 cm³/mol. The Kier molecular flexibility index (Phi) is 4.25. The third-order valence-electron chi connectivity index (χ3n) is 2.41. The molecule has 0 saturated carbocycles. The second-order valence-corrected chi connectivity index (χ2v) is 3.66. The molecule has 0 unspecified atom stereocenters. The number of benzene rings is 1. The number of methoxy groups -OCH3 is 1. The average molecular weight is 255 g/mol. The van der Waals surface area contributed by atoms with Crippen LogP contribution in [-0.4, -0.2) is 19.6 Å². The van der Waals surface area contributed by atoms with Gasteiger partial charge in [0.25, 0.3) is 5.91 Å². The van der Waals surface area contributed by atoms with Crippen LogP contribution in [0.25, 0.3) is 0 Å². The van der Waals surface area contributed by atoms with E-state index in [0.717, 1.165) is 5.56 Å². The molecule has 19 heavy (non-hydrogen) atoms. The van der Waals surface area contributed by atoms with E-state index in [0.29, 0.717) is 5.75 Å². The SMILES string of the molecule is COc1ccccc1C#CCNC(=O)c1ccco1. The molecule has 0 bridgehead atoms. The van der Waals surface area contributed by atoms with Gasteiger partial charge in [0.2, 0.25) is 0 Å². The summed E-state index contributed by atoms with van der Waals surface area (Å²) in [6.07, 6.45) is 1.45. The number of amides is 1. The second kappa shape index (κ2) is 6.31.